The van der Waals surface area contributed by atoms with E-state index in [0.717, 1.165) is 56.4 Å². The lowest BCUT2D eigenvalue weighted by Crippen LogP contribution is -2.56. The number of thiophene rings is 1. The van der Waals surface area contributed by atoms with E-state index < -0.39 is 0 Å². The van der Waals surface area contributed by atoms with Gasteiger partial charge < -0.3 is 14.8 Å². The van der Waals surface area contributed by atoms with Crippen LogP contribution in [0.4, 0.5) is 0 Å². The Kier molecular flexibility index (Phi) is 6.96. The van der Waals surface area contributed by atoms with Crippen molar-refractivity contribution >= 4 is 22.9 Å². The Morgan fingerprint density at radius 3 is 2.71 bits per heavy atom. The fourth-order valence-corrected chi connectivity index (χ4v) is 4.16. The predicted octanol–water partition coefficient (Wildman–Crippen LogP) is 3.90. The molecule has 1 atom stereocenters. The molecule has 1 aromatic heterocycles. The molecule has 1 unspecified atom stereocenters. The second kappa shape index (κ2) is 8.49. The van der Waals surface area contributed by atoms with E-state index in [1.165, 1.54) is 4.88 Å². The summed E-state index contributed by atoms with van der Waals surface area (Å²) in [6.07, 6.45) is 4.01. The molecule has 2 rings (SSSR count). The molecule has 1 aliphatic rings. The summed E-state index contributed by atoms with van der Waals surface area (Å²) in [6, 6.07) is 4.43. The van der Waals surface area contributed by atoms with Gasteiger partial charge >= 0.3 is 0 Å². The molecule has 1 aliphatic heterocycles. The van der Waals surface area contributed by atoms with Crippen molar-refractivity contribution in [2.45, 2.75) is 51.2 Å². The Labute approximate surface area is 137 Å². The molecule has 1 fully saturated rings. The molecule has 3 nitrogen and oxygen atoms in total. The number of hydrogen-bond donors (Lipinski definition) is 1. The van der Waals surface area contributed by atoms with Gasteiger partial charge in [-0.15, -0.1) is 11.3 Å². The highest BCUT2D eigenvalue weighted by Gasteiger charge is 2.41. The molecule has 0 radical (unpaired) electrons. The zero-order valence-electron chi connectivity index (χ0n) is 13.0. The molecule has 0 saturated carbocycles. The highest BCUT2D eigenvalue weighted by Crippen LogP contribution is 2.33. The molecule has 0 aliphatic carbocycles. The molecular weight excluding hydrogens is 306 g/mol. The summed E-state index contributed by atoms with van der Waals surface area (Å²) in [5, 5.41) is 3.71. The van der Waals surface area contributed by atoms with Crippen LogP contribution in [-0.4, -0.2) is 38.0 Å². The maximum Gasteiger partial charge on any atom is 0.0931 e. The Morgan fingerprint density at radius 1 is 1.38 bits per heavy atom. The number of halogens is 1. The van der Waals surface area contributed by atoms with Crippen LogP contribution in [0.25, 0.3) is 0 Å². The Morgan fingerprint density at radius 2 is 2.14 bits per heavy atom. The third kappa shape index (κ3) is 4.67. The van der Waals surface area contributed by atoms with Gasteiger partial charge in [0.15, 0.2) is 0 Å². The molecular formula is C16H26ClNO2S. The topological polar surface area (TPSA) is 30.5 Å². The van der Waals surface area contributed by atoms with Crippen LogP contribution in [0.2, 0.25) is 4.34 Å². The monoisotopic (exact) mass is 331 g/mol. The van der Waals surface area contributed by atoms with Crippen LogP contribution in [-0.2, 0) is 15.9 Å². The lowest BCUT2D eigenvalue weighted by molar-refractivity contribution is -0.126. The SMILES string of the molecule is CCCNC(Cc1ccc(Cl)s1)C1(OCC)CCOCC1. The summed E-state index contributed by atoms with van der Waals surface area (Å²) in [5.41, 5.74) is -0.112. The van der Waals surface area contributed by atoms with Crippen molar-refractivity contribution in [1.29, 1.82) is 0 Å². The van der Waals surface area contributed by atoms with Gasteiger partial charge in [0, 0.05) is 43.6 Å². The van der Waals surface area contributed by atoms with Crippen molar-refractivity contribution < 1.29 is 9.47 Å². The molecule has 5 heteroatoms. The largest absolute Gasteiger partial charge is 0.381 e. The van der Waals surface area contributed by atoms with Gasteiger partial charge in [0.2, 0.25) is 0 Å². The van der Waals surface area contributed by atoms with Crippen LogP contribution in [0.15, 0.2) is 12.1 Å². The second-order valence-corrected chi connectivity index (χ2v) is 7.33. The summed E-state index contributed by atoms with van der Waals surface area (Å²) in [6.45, 7) is 7.61. The quantitative estimate of drug-likeness (QED) is 0.783. The van der Waals surface area contributed by atoms with Crippen molar-refractivity contribution in [2.24, 2.45) is 0 Å². The van der Waals surface area contributed by atoms with Gasteiger partial charge in [-0.3, -0.25) is 0 Å². The molecule has 0 spiro atoms. The molecule has 0 amide bonds. The standard InChI is InChI=1S/C16H26ClNO2S/c1-3-9-18-14(12-13-5-6-15(17)21-13)16(20-4-2)7-10-19-11-8-16/h5-6,14,18H,3-4,7-12H2,1-2H3. The Balaban J connectivity index is 2.14. The fraction of sp³-hybridized carbons (Fsp3) is 0.750. The average molecular weight is 332 g/mol. The van der Waals surface area contributed by atoms with Crippen molar-refractivity contribution in [2.75, 3.05) is 26.4 Å². The summed E-state index contributed by atoms with van der Waals surface area (Å²) in [7, 11) is 0. The molecule has 120 valence electrons. The zero-order valence-corrected chi connectivity index (χ0v) is 14.6. The van der Waals surface area contributed by atoms with Gasteiger partial charge in [-0.25, -0.2) is 0 Å². The lowest BCUT2D eigenvalue weighted by atomic mass is 9.83. The number of nitrogens with one attached hydrogen (secondary N) is 1. The molecule has 21 heavy (non-hydrogen) atoms. The zero-order chi connectivity index (χ0) is 15.1. The van der Waals surface area contributed by atoms with Crippen LogP contribution in [0.1, 0.15) is 38.0 Å². The van der Waals surface area contributed by atoms with Crippen LogP contribution < -0.4 is 5.32 Å². The van der Waals surface area contributed by atoms with E-state index in [9.17, 15) is 0 Å². The van der Waals surface area contributed by atoms with Gasteiger partial charge in [-0.2, -0.15) is 0 Å². The van der Waals surface area contributed by atoms with E-state index in [1.807, 2.05) is 6.07 Å². The van der Waals surface area contributed by atoms with Gasteiger partial charge in [-0.1, -0.05) is 18.5 Å². The first kappa shape index (κ1) is 17.2. The van der Waals surface area contributed by atoms with E-state index in [0.29, 0.717) is 6.04 Å². The summed E-state index contributed by atoms with van der Waals surface area (Å²) in [5.74, 6) is 0. The number of rotatable bonds is 8. The maximum atomic E-state index is 6.24. The minimum absolute atomic E-state index is 0.112. The molecule has 0 bridgehead atoms. The Bertz CT molecular complexity index is 413. The first-order chi connectivity index (χ1) is 10.2. The van der Waals surface area contributed by atoms with Crippen LogP contribution in [0.5, 0.6) is 0 Å². The summed E-state index contributed by atoms with van der Waals surface area (Å²) < 4.78 is 12.6. The summed E-state index contributed by atoms with van der Waals surface area (Å²) in [4.78, 5) is 1.32. The minimum atomic E-state index is -0.112. The first-order valence-electron chi connectivity index (χ1n) is 7.89. The van der Waals surface area contributed by atoms with E-state index in [1.54, 1.807) is 11.3 Å². The van der Waals surface area contributed by atoms with Gasteiger partial charge in [-0.05, 0) is 38.4 Å². The molecule has 1 N–H and O–H groups in total. The van der Waals surface area contributed by atoms with E-state index in [4.69, 9.17) is 21.1 Å². The Hall–Kier alpha value is -0.130. The smallest absolute Gasteiger partial charge is 0.0931 e. The maximum absolute atomic E-state index is 6.24. The van der Waals surface area contributed by atoms with Gasteiger partial charge in [0.1, 0.15) is 0 Å². The molecule has 0 aromatic carbocycles. The normalized spacial score (nSPS) is 19.6. The van der Waals surface area contributed by atoms with Gasteiger partial charge in [0.05, 0.1) is 9.94 Å². The van der Waals surface area contributed by atoms with Crippen LogP contribution in [0, 0.1) is 0 Å². The van der Waals surface area contributed by atoms with Crippen molar-refractivity contribution in [3.63, 3.8) is 0 Å². The van der Waals surface area contributed by atoms with Crippen molar-refractivity contribution in [3.8, 4) is 0 Å². The molecule has 1 aromatic rings. The number of hydrogen-bond acceptors (Lipinski definition) is 4. The van der Waals surface area contributed by atoms with Crippen molar-refractivity contribution in [3.05, 3.63) is 21.3 Å². The summed E-state index contributed by atoms with van der Waals surface area (Å²) >= 11 is 7.75. The third-order valence-electron chi connectivity index (χ3n) is 4.08. The lowest BCUT2D eigenvalue weighted by Gasteiger charge is -2.43. The number of ether oxygens (including phenoxy) is 2. The highest BCUT2D eigenvalue weighted by molar-refractivity contribution is 7.16. The van der Waals surface area contributed by atoms with E-state index in [2.05, 4.69) is 25.2 Å². The predicted molar refractivity (Wildman–Crippen MR) is 89.5 cm³/mol. The van der Waals surface area contributed by atoms with E-state index >= 15 is 0 Å². The fourth-order valence-electron chi connectivity index (χ4n) is 3.02. The third-order valence-corrected chi connectivity index (χ3v) is 5.33. The van der Waals surface area contributed by atoms with Crippen LogP contribution in [0.3, 0.4) is 0 Å². The van der Waals surface area contributed by atoms with Crippen molar-refractivity contribution in [1.82, 2.24) is 5.32 Å². The molecule has 1 saturated heterocycles. The minimum Gasteiger partial charge on any atom is -0.381 e. The molecule has 2 heterocycles. The van der Waals surface area contributed by atoms with E-state index in [-0.39, 0.29) is 5.60 Å². The first-order valence-corrected chi connectivity index (χ1v) is 9.09. The highest BCUT2D eigenvalue weighted by atomic mass is 35.5. The average Bonchev–Trinajstić information content (AvgIpc) is 2.90. The van der Waals surface area contributed by atoms with Crippen LogP contribution >= 0.6 is 22.9 Å². The van der Waals surface area contributed by atoms with Gasteiger partial charge in [0.25, 0.3) is 0 Å². The second-order valence-electron chi connectivity index (χ2n) is 5.53.